The fraction of sp³-hybridized carbons (Fsp3) is 0.364. The van der Waals surface area contributed by atoms with Gasteiger partial charge in [0, 0.05) is 5.88 Å². The predicted octanol–water partition coefficient (Wildman–Crippen LogP) is 3.10. The highest BCUT2D eigenvalue weighted by atomic mass is 35.5. The minimum atomic E-state index is -0.500. The Morgan fingerprint density at radius 1 is 1.40 bits per heavy atom. The Labute approximate surface area is 93.2 Å². The molecule has 4 heteroatoms. The molecule has 80 valence electrons. The van der Waals surface area contributed by atoms with E-state index in [1.165, 1.54) is 12.1 Å². The van der Waals surface area contributed by atoms with Gasteiger partial charge in [0.25, 0.3) is 0 Å². The highest BCUT2D eigenvalue weighted by Gasteiger charge is 2.03. The van der Waals surface area contributed by atoms with Crippen LogP contribution in [0.3, 0.4) is 0 Å². The third kappa shape index (κ3) is 3.77. The van der Waals surface area contributed by atoms with Crippen molar-refractivity contribution in [3.05, 3.63) is 29.6 Å². The van der Waals surface area contributed by atoms with Gasteiger partial charge in [0.15, 0.2) is 11.6 Å². The molecule has 0 unspecified atom stereocenters. The molecular formula is C11H11ClFNO. The van der Waals surface area contributed by atoms with Gasteiger partial charge < -0.3 is 4.74 Å². The Hall–Kier alpha value is -1.27. The fourth-order valence-electron chi connectivity index (χ4n) is 1.07. The van der Waals surface area contributed by atoms with Crippen molar-refractivity contribution in [2.45, 2.75) is 12.8 Å². The highest BCUT2D eigenvalue weighted by Crippen LogP contribution is 2.18. The van der Waals surface area contributed by atoms with Crippen molar-refractivity contribution in [1.29, 1.82) is 5.26 Å². The fourth-order valence-corrected chi connectivity index (χ4v) is 1.26. The largest absolute Gasteiger partial charge is 0.491 e. The van der Waals surface area contributed by atoms with Crippen molar-refractivity contribution in [3.63, 3.8) is 0 Å². The van der Waals surface area contributed by atoms with Gasteiger partial charge in [-0.1, -0.05) is 0 Å². The second-order valence-corrected chi connectivity index (χ2v) is 3.38. The molecule has 0 atom stereocenters. The topological polar surface area (TPSA) is 33.0 Å². The SMILES string of the molecule is N#Cc1ccc(OCCCCCl)c(F)c1. The predicted molar refractivity (Wildman–Crippen MR) is 56.6 cm³/mol. The van der Waals surface area contributed by atoms with E-state index in [0.717, 1.165) is 18.9 Å². The number of hydrogen-bond acceptors (Lipinski definition) is 2. The molecule has 2 nitrogen and oxygen atoms in total. The molecule has 1 rings (SSSR count). The molecule has 0 fully saturated rings. The molecule has 0 radical (unpaired) electrons. The highest BCUT2D eigenvalue weighted by molar-refractivity contribution is 6.17. The molecule has 0 heterocycles. The third-order valence-corrected chi connectivity index (χ3v) is 2.11. The van der Waals surface area contributed by atoms with Crippen LogP contribution in [0, 0.1) is 17.1 Å². The quantitative estimate of drug-likeness (QED) is 0.572. The van der Waals surface area contributed by atoms with Crippen LogP contribution in [-0.2, 0) is 0 Å². The maximum Gasteiger partial charge on any atom is 0.166 e. The van der Waals surface area contributed by atoms with Crippen molar-refractivity contribution in [3.8, 4) is 11.8 Å². The summed E-state index contributed by atoms with van der Waals surface area (Å²) in [4.78, 5) is 0. The number of rotatable bonds is 5. The van der Waals surface area contributed by atoms with Crippen LogP contribution in [0.2, 0.25) is 0 Å². The number of unbranched alkanes of at least 4 members (excludes halogenated alkanes) is 1. The minimum absolute atomic E-state index is 0.184. The summed E-state index contributed by atoms with van der Waals surface area (Å²) in [7, 11) is 0. The smallest absolute Gasteiger partial charge is 0.166 e. The Morgan fingerprint density at radius 3 is 2.80 bits per heavy atom. The van der Waals surface area contributed by atoms with E-state index in [-0.39, 0.29) is 5.75 Å². The van der Waals surface area contributed by atoms with E-state index in [1.807, 2.05) is 6.07 Å². The van der Waals surface area contributed by atoms with E-state index in [2.05, 4.69) is 0 Å². The molecule has 0 aromatic heterocycles. The standard InChI is InChI=1S/C11H11ClFNO/c12-5-1-2-6-15-11-4-3-9(8-14)7-10(11)13/h3-4,7H,1-2,5-6H2. The zero-order valence-corrected chi connectivity index (χ0v) is 8.93. The summed E-state index contributed by atoms with van der Waals surface area (Å²) in [6, 6.07) is 6.02. The summed E-state index contributed by atoms with van der Waals surface area (Å²) >= 11 is 5.49. The van der Waals surface area contributed by atoms with E-state index in [0.29, 0.717) is 18.1 Å². The average Bonchev–Trinajstić information content (AvgIpc) is 2.26. The molecular weight excluding hydrogens is 217 g/mol. The number of hydrogen-bond donors (Lipinski definition) is 0. The minimum Gasteiger partial charge on any atom is -0.491 e. The molecule has 1 aromatic rings. The van der Waals surface area contributed by atoms with E-state index in [1.54, 1.807) is 0 Å². The first-order valence-corrected chi connectivity index (χ1v) is 5.20. The molecule has 0 N–H and O–H groups in total. The normalized spacial score (nSPS) is 9.67. The number of benzene rings is 1. The lowest BCUT2D eigenvalue weighted by atomic mass is 10.2. The van der Waals surface area contributed by atoms with Crippen molar-refractivity contribution in [2.24, 2.45) is 0 Å². The van der Waals surface area contributed by atoms with Crippen LogP contribution in [0.5, 0.6) is 5.75 Å². The summed E-state index contributed by atoms with van der Waals surface area (Å²) in [6.45, 7) is 0.440. The van der Waals surface area contributed by atoms with Crippen molar-refractivity contribution in [2.75, 3.05) is 12.5 Å². The first kappa shape index (κ1) is 11.8. The Bertz CT molecular complexity index is 362. The molecule has 0 spiro atoms. The van der Waals surface area contributed by atoms with Crippen LogP contribution in [0.15, 0.2) is 18.2 Å². The molecule has 0 aliphatic carbocycles. The lowest BCUT2D eigenvalue weighted by Gasteiger charge is -2.06. The van der Waals surface area contributed by atoms with Gasteiger partial charge in [-0.3, -0.25) is 0 Å². The van der Waals surface area contributed by atoms with Crippen LogP contribution in [0.25, 0.3) is 0 Å². The molecule has 15 heavy (non-hydrogen) atoms. The first-order chi connectivity index (χ1) is 7.27. The van der Waals surface area contributed by atoms with Gasteiger partial charge >= 0.3 is 0 Å². The number of halogens is 2. The van der Waals surface area contributed by atoms with Gasteiger partial charge in [-0.15, -0.1) is 11.6 Å². The lowest BCUT2D eigenvalue weighted by Crippen LogP contribution is -1.99. The molecule has 0 saturated carbocycles. The first-order valence-electron chi connectivity index (χ1n) is 4.66. The van der Waals surface area contributed by atoms with Gasteiger partial charge in [0.05, 0.1) is 18.2 Å². The summed E-state index contributed by atoms with van der Waals surface area (Å²) in [5, 5.41) is 8.53. The molecule has 0 saturated heterocycles. The Balaban J connectivity index is 2.52. The van der Waals surface area contributed by atoms with Crippen LogP contribution in [-0.4, -0.2) is 12.5 Å². The summed E-state index contributed by atoms with van der Waals surface area (Å²) in [5.41, 5.74) is 0.292. The number of nitriles is 1. The van der Waals surface area contributed by atoms with Gasteiger partial charge in [-0.2, -0.15) is 5.26 Å². The summed E-state index contributed by atoms with van der Waals surface area (Å²) in [6.07, 6.45) is 1.64. The zero-order chi connectivity index (χ0) is 11.1. The number of alkyl halides is 1. The van der Waals surface area contributed by atoms with Crippen LogP contribution >= 0.6 is 11.6 Å². The molecule has 0 aliphatic rings. The van der Waals surface area contributed by atoms with Crippen molar-refractivity contribution in [1.82, 2.24) is 0 Å². The summed E-state index contributed by atoms with van der Waals surface area (Å²) < 4.78 is 18.4. The van der Waals surface area contributed by atoms with Gasteiger partial charge in [-0.05, 0) is 31.0 Å². The average molecular weight is 228 g/mol. The van der Waals surface area contributed by atoms with E-state index < -0.39 is 5.82 Å². The maximum absolute atomic E-state index is 13.2. The lowest BCUT2D eigenvalue weighted by molar-refractivity contribution is 0.294. The van der Waals surface area contributed by atoms with Crippen molar-refractivity contribution < 1.29 is 9.13 Å². The Morgan fingerprint density at radius 2 is 2.20 bits per heavy atom. The number of ether oxygens (including phenoxy) is 1. The molecule has 0 amide bonds. The third-order valence-electron chi connectivity index (χ3n) is 1.85. The number of nitrogens with zero attached hydrogens (tertiary/aromatic N) is 1. The Kier molecular flexibility index (Phi) is 4.92. The second kappa shape index (κ2) is 6.26. The molecule has 0 aliphatic heterocycles. The van der Waals surface area contributed by atoms with Crippen LogP contribution < -0.4 is 4.74 Å². The van der Waals surface area contributed by atoms with Gasteiger partial charge in [0.2, 0.25) is 0 Å². The second-order valence-electron chi connectivity index (χ2n) is 3.00. The van der Waals surface area contributed by atoms with E-state index >= 15 is 0 Å². The zero-order valence-electron chi connectivity index (χ0n) is 8.17. The van der Waals surface area contributed by atoms with Gasteiger partial charge in [0.1, 0.15) is 0 Å². The van der Waals surface area contributed by atoms with Crippen LogP contribution in [0.4, 0.5) is 4.39 Å². The maximum atomic E-state index is 13.2. The van der Waals surface area contributed by atoms with E-state index in [4.69, 9.17) is 21.6 Å². The van der Waals surface area contributed by atoms with Crippen molar-refractivity contribution >= 4 is 11.6 Å². The van der Waals surface area contributed by atoms with E-state index in [9.17, 15) is 4.39 Å². The molecule has 1 aromatic carbocycles. The van der Waals surface area contributed by atoms with Gasteiger partial charge in [-0.25, -0.2) is 4.39 Å². The summed E-state index contributed by atoms with van der Waals surface area (Å²) in [5.74, 6) is 0.266. The monoisotopic (exact) mass is 227 g/mol. The van der Waals surface area contributed by atoms with Crippen LogP contribution in [0.1, 0.15) is 18.4 Å². The molecule has 0 bridgehead atoms.